The van der Waals surface area contributed by atoms with Gasteiger partial charge in [0.25, 0.3) is 12.9 Å². The van der Waals surface area contributed by atoms with E-state index in [1.54, 1.807) is 20.8 Å². The van der Waals surface area contributed by atoms with Crippen LogP contribution in [0.2, 0.25) is 0 Å². The topological polar surface area (TPSA) is 234 Å². The first kappa shape index (κ1) is 32.7. The Balaban J connectivity index is 4.04. The van der Waals surface area contributed by atoms with Gasteiger partial charge in [0.15, 0.2) is 6.10 Å². The van der Waals surface area contributed by atoms with E-state index in [2.05, 4.69) is 39.8 Å². The number of ether oxygens (including phenoxy) is 3. The molecule has 0 saturated carbocycles. The molecule has 0 rings (SSSR count). The van der Waals surface area contributed by atoms with Crippen molar-refractivity contribution in [2.75, 3.05) is 46.0 Å². The fourth-order valence-corrected chi connectivity index (χ4v) is 2.68. The maximum absolute atomic E-state index is 11.8. The van der Waals surface area contributed by atoms with Crippen LogP contribution in [0.1, 0.15) is 20.8 Å². The Morgan fingerprint density at radius 3 is 1.94 bits per heavy atom. The Morgan fingerprint density at radius 2 is 1.42 bits per heavy atom. The molecule has 0 heterocycles. The summed E-state index contributed by atoms with van der Waals surface area (Å²) in [6.45, 7) is 2.07. The summed E-state index contributed by atoms with van der Waals surface area (Å²) in [6, 6.07) is 0. The van der Waals surface area contributed by atoms with Crippen molar-refractivity contribution in [1.29, 1.82) is 0 Å². The molecule has 0 aromatic heterocycles. The first-order valence-corrected chi connectivity index (χ1v) is 11.8. The van der Waals surface area contributed by atoms with Crippen molar-refractivity contribution in [2.24, 2.45) is 0 Å². The third kappa shape index (κ3) is 19.1. The molecule has 17 nitrogen and oxygen atoms in total. The highest BCUT2D eigenvalue weighted by Gasteiger charge is 2.24. The average Bonchev–Trinajstić information content (AvgIpc) is 2.78. The summed E-state index contributed by atoms with van der Waals surface area (Å²) in [5.41, 5.74) is -0.733. The zero-order valence-corrected chi connectivity index (χ0v) is 20.9. The van der Waals surface area contributed by atoms with Gasteiger partial charge in [0.1, 0.15) is 18.8 Å². The number of carbonyl (C=O) groups excluding carboxylic acids is 6. The minimum absolute atomic E-state index is 0.0392. The maximum atomic E-state index is 11.8. The molecule has 0 aliphatic rings. The van der Waals surface area contributed by atoms with Crippen molar-refractivity contribution in [3.05, 3.63) is 0 Å². The number of alkyl carbamates (subject to hydrolysis) is 1. The largest absolute Gasteiger partial charge is 0.472 e. The van der Waals surface area contributed by atoms with Crippen LogP contribution < -0.4 is 21.3 Å². The summed E-state index contributed by atoms with van der Waals surface area (Å²) >= 11 is 0. The van der Waals surface area contributed by atoms with Gasteiger partial charge in [0, 0.05) is 6.54 Å². The molecule has 0 radical (unpaired) electrons. The van der Waals surface area contributed by atoms with E-state index in [1.165, 1.54) is 0 Å². The lowest BCUT2D eigenvalue weighted by atomic mass is 10.2. The van der Waals surface area contributed by atoms with E-state index in [9.17, 15) is 38.2 Å². The van der Waals surface area contributed by atoms with E-state index < -0.39 is 82.8 Å². The number of amides is 4. The second-order valence-electron chi connectivity index (χ2n) is 7.64. The number of rotatable bonds is 18. The highest BCUT2D eigenvalue weighted by atomic mass is 31.2. The van der Waals surface area contributed by atoms with Crippen LogP contribution in [0.4, 0.5) is 4.79 Å². The molecular weight excluding hydrogens is 511 g/mol. The summed E-state index contributed by atoms with van der Waals surface area (Å²) in [7, 11) is -4.57. The summed E-state index contributed by atoms with van der Waals surface area (Å²) in [6.07, 6.45) is -1.93. The van der Waals surface area contributed by atoms with Crippen molar-refractivity contribution in [3.8, 4) is 0 Å². The Morgan fingerprint density at radius 1 is 0.861 bits per heavy atom. The fourth-order valence-electron chi connectivity index (χ4n) is 1.93. The van der Waals surface area contributed by atoms with Crippen molar-refractivity contribution in [2.45, 2.75) is 32.5 Å². The standard InChI is InChI=1S/C18H31N4O13P/c1-18(2,3)35-17(28)22-8-16(27)21-7-15(26)20-6-14(25)19-4-5-33-36(29,30)34-10-13(32-12-24)9-31-11-23/h11-13H,4-10H2,1-3H3,(H,19,25)(H,20,26)(H,21,27)(H,22,28)(H,29,30). The van der Waals surface area contributed by atoms with Gasteiger partial charge in [-0.15, -0.1) is 0 Å². The summed E-state index contributed by atoms with van der Waals surface area (Å²) in [5.74, 6) is -2.01. The molecule has 206 valence electrons. The highest BCUT2D eigenvalue weighted by Crippen LogP contribution is 2.43. The van der Waals surface area contributed by atoms with E-state index in [0.717, 1.165) is 0 Å². The first-order valence-electron chi connectivity index (χ1n) is 10.3. The molecule has 5 N–H and O–H groups in total. The quantitative estimate of drug-likeness (QED) is 0.0531. The van der Waals surface area contributed by atoms with E-state index in [0.29, 0.717) is 0 Å². The summed E-state index contributed by atoms with van der Waals surface area (Å²) in [4.78, 5) is 76.5. The van der Waals surface area contributed by atoms with Crippen LogP contribution in [0.5, 0.6) is 0 Å². The minimum atomic E-state index is -4.57. The van der Waals surface area contributed by atoms with Gasteiger partial charge < -0.3 is 40.4 Å². The second-order valence-corrected chi connectivity index (χ2v) is 9.09. The Bertz CT molecular complexity index is 802. The smallest absolute Gasteiger partial charge is 0.464 e. The van der Waals surface area contributed by atoms with Crippen LogP contribution in [0.25, 0.3) is 0 Å². The third-order valence-corrected chi connectivity index (χ3v) is 4.37. The minimum Gasteiger partial charge on any atom is -0.464 e. The van der Waals surface area contributed by atoms with Crippen LogP contribution in [0.15, 0.2) is 0 Å². The Labute approximate surface area is 206 Å². The SMILES string of the molecule is CC(C)(C)OC(=O)NCC(=O)NCC(=O)NCC(=O)NCCOP(=O)(O)OCC(COC=O)OC=O. The van der Waals surface area contributed by atoms with E-state index >= 15 is 0 Å². The average molecular weight is 542 g/mol. The van der Waals surface area contributed by atoms with E-state index in [1.807, 2.05) is 0 Å². The molecule has 0 spiro atoms. The third-order valence-electron chi connectivity index (χ3n) is 3.38. The normalized spacial score (nSPS) is 13.2. The molecule has 0 saturated heterocycles. The molecule has 0 aliphatic heterocycles. The number of phosphoric ester groups is 1. The van der Waals surface area contributed by atoms with Crippen LogP contribution in [-0.2, 0) is 51.8 Å². The van der Waals surface area contributed by atoms with Gasteiger partial charge in [-0.1, -0.05) is 0 Å². The van der Waals surface area contributed by atoms with Crippen LogP contribution >= 0.6 is 7.82 Å². The summed E-state index contributed by atoms with van der Waals surface area (Å²) in [5, 5.41) is 8.97. The Hall–Kier alpha value is -3.27. The van der Waals surface area contributed by atoms with Crippen molar-refractivity contribution >= 4 is 44.6 Å². The molecule has 0 aromatic carbocycles. The predicted molar refractivity (Wildman–Crippen MR) is 118 cm³/mol. The molecule has 0 fully saturated rings. The second kappa shape index (κ2) is 17.2. The van der Waals surface area contributed by atoms with Gasteiger partial charge in [-0.3, -0.25) is 33.0 Å². The fraction of sp³-hybridized carbons (Fsp3) is 0.667. The predicted octanol–water partition coefficient (Wildman–Crippen LogP) is -2.29. The van der Waals surface area contributed by atoms with E-state index in [-0.39, 0.29) is 19.5 Å². The van der Waals surface area contributed by atoms with Gasteiger partial charge in [-0.05, 0) is 20.8 Å². The number of hydrogen-bond donors (Lipinski definition) is 5. The number of hydrogen-bond acceptors (Lipinski definition) is 12. The molecule has 0 bridgehead atoms. The maximum Gasteiger partial charge on any atom is 0.472 e. The van der Waals surface area contributed by atoms with Gasteiger partial charge in [-0.25, -0.2) is 9.36 Å². The lowest BCUT2D eigenvalue weighted by molar-refractivity contribution is -0.144. The number of phosphoric acid groups is 1. The zero-order valence-electron chi connectivity index (χ0n) is 20.0. The molecule has 4 amide bonds. The van der Waals surface area contributed by atoms with Gasteiger partial charge in [0.05, 0.1) is 26.3 Å². The van der Waals surface area contributed by atoms with Crippen molar-refractivity contribution in [3.63, 3.8) is 0 Å². The lowest BCUT2D eigenvalue weighted by Crippen LogP contribution is -2.45. The molecule has 36 heavy (non-hydrogen) atoms. The van der Waals surface area contributed by atoms with Crippen LogP contribution in [0.3, 0.4) is 0 Å². The molecule has 0 aromatic rings. The monoisotopic (exact) mass is 542 g/mol. The van der Waals surface area contributed by atoms with Crippen LogP contribution in [0, 0.1) is 0 Å². The summed E-state index contributed by atoms with van der Waals surface area (Å²) < 4.78 is 34.8. The van der Waals surface area contributed by atoms with E-state index in [4.69, 9.17) is 4.74 Å². The van der Waals surface area contributed by atoms with Gasteiger partial charge in [0.2, 0.25) is 17.7 Å². The van der Waals surface area contributed by atoms with Gasteiger partial charge in [-0.2, -0.15) is 0 Å². The van der Waals surface area contributed by atoms with Crippen LogP contribution in [-0.4, -0.2) is 99.4 Å². The Kier molecular flexibility index (Phi) is 15.6. The molecule has 18 heteroatoms. The zero-order chi connectivity index (χ0) is 27.6. The van der Waals surface area contributed by atoms with Crippen molar-refractivity contribution < 1.29 is 61.5 Å². The first-order chi connectivity index (χ1) is 16.8. The number of carbonyl (C=O) groups is 6. The molecular formula is C18H31N4O13P. The molecule has 0 aliphatic carbocycles. The van der Waals surface area contributed by atoms with Gasteiger partial charge >= 0.3 is 13.9 Å². The lowest BCUT2D eigenvalue weighted by Gasteiger charge is -2.19. The molecule has 2 atom stereocenters. The highest BCUT2D eigenvalue weighted by molar-refractivity contribution is 7.47. The molecule has 2 unspecified atom stereocenters. The van der Waals surface area contributed by atoms with Crippen molar-refractivity contribution in [1.82, 2.24) is 21.3 Å². The number of nitrogens with one attached hydrogen (secondary N) is 4.